The Morgan fingerprint density at radius 2 is 2.00 bits per heavy atom. The fourth-order valence-electron chi connectivity index (χ4n) is 0.819. The molecule has 0 aliphatic heterocycles. The van der Waals surface area contributed by atoms with E-state index in [2.05, 4.69) is 6.58 Å². The molecular weight excluding hydrogens is 207 g/mol. The Morgan fingerprint density at radius 1 is 1.36 bits per heavy atom. The van der Waals surface area contributed by atoms with E-state index >= 15 is 0 Å². The van der Waals surface area contributed by atoms with E-state index in [1.807, 2.05) is 6.07 Å². The zero-order valence-electron chi connectivity index (χ0n) is 6.09. The molecule has 1 aromatic carbocycles. The van der Waals surface area contributed by atoms with Gasteiger partial charge in [-0.1, -0.05) is 24.3 Å². The quantitative estimate of drug-likeness (QED) is 0.667. The van der Waals surface area contributed by atoms with Gasteiger partial charge in [0, 0.05) is 0 Å². The molecule has 0 atom stereocenters. The van der Waals surface area contributed by atoms with Crippen LogP contribution in [0.25, 0.3) is 0 Å². The SMILES string of the molecule is Br.C=CCc1ccccc1F. The van der Waals surface area contributed by atoms with Crippen LogP contribution in [-0.4, -0.2) is 0 Å². The first-order chi connectivity index (χ1) is 4.84. The van der Waals surface area contributed by atoms with Gasteiger partial charge in [-0.3, -0.25) is 0 Å². The molecule has 0 heterocycles. The van der Waals surface area contributed by atoms with Gasteiger partial charge in [0.25, 0.3) is 0 Å². The molecule has 0 fully saturated rings. The van der Waals surface area contributed by atoms with E-state index in [0.717, 1.165) is 0 Å². The zero-order chi connectivity index (χ0) is 7.40. The molecule has 0 aliphatic rings. The van der Waals surface area contributed by atoms with Gasteiger partial charge in [0.15, 0.2) is 0 Å². The van der Waals surface area contributed by atoms with Crippen LogP contribution in [0.2, 0.25) is 0 Å². The highest BCUT2D eigenvalue weighted by Crippen LogP contribution is 2.06. The first kappa shape index (κ1) is 10.4. The molecular formula is C9H10BrF. The minimum atomic E-state index is -0.151. The predicted molar refractivity (Wildman–Crippen MR) is 50.6 cm³/mol. The highest BCUT2D eigenvalue weighted by molar-refractivity contribution is 8.93. The van der Waals surface area contributed by atoms with Crippen LogP contribution in [0.15, 0.2) is 36.9 Å². The number of halogens is 2. The van der Waals surface area contributed by atoms with Crippen LogP contribution in [0, 0.1) is 5.82 Å². The fraction of sp³-hybridized carbons (Fsp3) is 0.111. The molecule has 0 saturated heterocycles. The first-order valence-electron chi connectivity index (χ1n) is 3.19. The fourth-order valence-corrected chi connectivity index (χ4v) is 0.819. The van der Waals surface area contributed by atoms with Gasteiger partial charge in [-0.15, -0.1) is 23.6 Å². The minimum Gasteiger partial charge on any atom is -0.207 e. The highest BCUT2D eigenvalue weighted by atomic mass is 79.9. The molecule has 11 heavy (non-hydrogen) atoms. The Balaban J connectivity index is 0.000001000. The molecule has 0 saturated carbocycles. The lowest BCUT2D eigenvalue weighted by Gasteiger charge is -1.95. The molecule has 2 heteroatoms. The lowest BCUT2D eigenvalue weighted by molar-refractivity contribution is 0.615. The maximum Gasteiger partial charge on any atom is 0.126 e. The van der Waals surface area contributed by atoms with Crippen molar-refractivity contribution in [3.05, 3.63) is 48.3 Å². The van der Waals surface area contributed by atoms with E-state index in [-0.39, 0.29) is 22.8 Å². The Morgan fingerprint density at radius 3 is 2.55 bits per heavy atom. The van der Waals surface area contributed by atoms with E-state index in [9.17, 15) is 4.39 Å². The monoisotopic (exact) mass is 216 g/mol. The van der Waals surface area contributed by atoms with Crippen LogP contribution < -0.4 is 0 Å². The molecule has 60 valence electrons. The molecule has 0 aliphatic carbocycles. The van der Waals surface area contributed by atoms with Gasteiger partial charge in [0.05, 0.1) is 0 Å². The van der Waals surface area contributed by atoms with Crippen LogP contribution >= 0.6 is 17.0 Å². The standard InChI is InChI=1S/C9H9F.BrH/c1-2-5-8-6-3-4-7-9(8)10;/h2-4,6-7H,1,5H2;1H. The second-order valence-electron chi connectivity index (χ2n) is 2.08. The van der Waals surface area contributed by atoms with Crippen molar-refractivity contribution >= 4 is 17.0 Å². The van der Waals surface area contributed by atoms with Crippen LogP contribution in [0.3, 0.4) is 0 Å². The second kappa shape index (κ2) is 5.08. The van der Waals surface area contributed by atoms with Crippen molar-refractivity contribution in [3.63, 3.8) is 0 Å². The molecule has 0 bridgehead atoms. The van der Waals surface area contributed by atoms with Crippen molar-refractivity contribution in [1.29, 1.82) is 0 Å². The summed E-state index contributed by atoms with van der Waals surface area (Å²) in [7, 11) is 0. The third kappa shape index (κ3) is 2.85. The summed E-state index contributed by atoms with van der Waals surface area (Å²) in [4.78, 5) is 0. The number of hydrogen-bond donors (Lipinski definition) is 0. The average Bonchev–Trinajstić information content (AvgIpc) is 1.94. The van der Waals surface area contributed by atoms with Gasteiger partial charge in [-0.2, -0.15) is 0 Å². The van der Waals surface area contributed by atoms with E-state index in [4.69, 9.17) is 0 Å². The molecule has 1 aromatic rings. The van der Waals surface area contributed by atoms with Crippen molar-refractivity contribution in [1.82, 2.24) is 0 Å². The van der Waals surface area contributed by atoms with Gasteiger partial charge < -0.3 is 0 Å². The van der Waals surface area contributed by atoms with Crippen molar-refractivity contribution < 1.29 is 4.39 Å². The molecule has 1 rings (SSSR count). The molecule has 0 unspecified atom stereocenters. The van der Waals surface area contributed by atoms with Crippen molar-refractivity contribution in [3.8, 4) is 0 Å². The van der Waals surface area contributed by atoms with Crippen LogP contribution in [-0.2, 0) is 6.42 Å². The van der Waals surface area contributed by atoms with E-state index in [0.29, 0.717) is 12.0 Å². The van der Waals surface area contributed by atoms with Crippen LogP contribution in [0.1, 0.15) is 5.56 Å². The van der Waals surface area contributed by atoms with E-state index in [1.54, 1.807) is 18.2 Å². The Labute approximate surface area is 76.5 Å². The normalized spacial score (nSPS) is 8.45. The predicted octanol–water partition coefficient (Wildman–Crippen LogP) is 3.13. The van der Waals surface area contributed by atoms with Crippen molar-refractivity contribution in [2.75, 3.05) is 0 Å². The molecule has 0 radical (unpaired) electrons. The Hall–Kier alpha value is -0.630. The van der Waals surface area contributed by atoms with Crippen molar-refractivity contribution in [2.24, 2.45) is 0 Å². The summed E-state index contributed by atoms with van der Waals surface area (Å²) in [5.41, 5.74) is 0.706. The zero-order valence-corrected chi connectivity index (χ0v) is 7.80. The van der Waals surface area contributed by atoms with Crippen molar-refractivity contribution in [2.45, 2.75) is 6.42 Å². The summed E-state index contributed by atoms with van der Waals surface area (Å²) >= 11 is 0. The molecule has 0 aromatic heterocycles. The van der Waals surface area contributed by atoms with Crippen LogP contribution in [0.4, 0.5) is 4.39 Å². The first-order valence-corrected chi connectivity index (χ1v) is 3.19. The lowest BCUT2D eigenvalue weighted by Crippen LogP contribution is -1.85. The summed E-state index contributed by atoms with van der Waals surface area (Å²) in [6.45, 7) is 3.53. The maximum atomic E-state index is 12.7. The minimum absolute atomic E-state index is 0. The maximum absolute atomic E-state index is 12.7. The van der Waals surface area contributed by atoms with E-state index in [1.165, 1.54) is 6.07 Å². The average molecular weight is 217 g/mol. The largest absolute Gasteiger partial charge is 0.207 e. The summed E-state index contributed by atoms with van der Waals surface area (Å²) in [6, 6.07) is 6.72. The third-order valence-electron chi connectivity index (χ3n) is 1.32. The van der Waals surface area contributed by atoms with Gasteiger partial charge in [0.2, 0.25) is 0 Å². The summed E-state index contributed by atoms with van der Waals surface area (Å²) in [5, 5.41) is 0. The lowest BCUT2D eigenvalue weighted by atomic mass is 10.1. The number of hydrogen-bond acceptors (Lipinski definition) is 0. The third-order valence-corrected chi connectivity index (χ3v) is 1.32. The summed E-state index contributed by atoms with van der Waals surface area (Å²) in [5.74, 6) is -0.151. The highest BCUT2D eigenvalue weighted by Gasteiger charge is 1.95. The molecule has 0 nitrogen and oxygen atoms in total. The summed E-state index contributed by atoms with van der Waals surface area (Å²) < 4.78 is 12.7. The smallest absolute Gasteiger partial charge is 0.126 e. The molecule has 0 spiro atoms. The molecule has 0 amide bonds. The topological polar surface area (TPSA) is 0 Å². The molecule has 0 N–H and O–H groups in total. The van der Waals surface area contributed by atoms with Gasteiger partial charge >= 0.3 is 0 Å². The van der Waals surface area contributed by atoms with E-state index < -0.39 is 0 Å². The second-order valence-corrected chi connectivity index (χ2v) is 2.08. The summed E-state index contributed by atoms with van der Waals surface area (Å²) in [6.07, 6.45) is 2.30. The van der Waals surface area contributed by atoms with Crippen LogP contribution in [0.5, 0.6) is 0 Å². The number of allylic oxidation sites excluding steroid dienone is 1. The van der Waals surface area contributed by atoms with Gasteiger partial charge in [-0.05, 0) is 18.1 Å². The number of benzene rings is 1. The Kier molecular flexibility index (Phi) is 4.79. The van der Waals surface area contributed by atoms with Gasteiger partial charge in [-0.25, -0.2) is 4.39 Å². The Bertz CT molecular complexity index is 233. The van der Waals surface area contributed by atoms with Gasteiger partial charge in [0.1, 0.15) is 5.82 Å². The number of rotatable bonds is 2.